The Bertz CT molecular complexity index is 562. The minimum Gasteiger partial charge on any atom is -0.212 e. The molecule has 1 aromatic carbocycles. The summed E-state index contributed by atoms with van der Waals surface area (Å²) in [5.41, 5.74) is 0.435. The molecule has 5 heteroatoms. The van der Waals surface area contributed by atoms with Gasteiger partial charge in [-0.1, -0.05) is 18.2 Å². The van der Waals surface area contributed by atoms with Gasteiger partial charge in [0.25, 0.3) is 0 Å². The lowest BCUT2D eigenvalue weighted by atomic mass is 9.34. The summed E-state index contributed by atoms with van der Waals surface area (Å²) in [6.07, 6.45) is 2.23. The van der Waals surface area contributed by atoms with Crippen LogP contribution < -0.4 is 0 Å². The van der Waals surface area contributed by atoms with Gasteiger partial charge in [-0.15, -0.1) is 0 Å². The first-order chi connectivity index (χ1) is 7.84. The molecule has 0 heterocycles. The van der Waals surface area contributed by atoms with Crippen LogP contribution in [0.2, 0.25) is 0 Å². The Labute approximate surface area is 104 Å². The summed E-state index contributed by atoms with van der Waals surface area (Å²) in [6, 6.07) is 6.75. The Morgan fingerprint density at radius 2 is 1.82 bits per heavy atom. The van der Waals surface area contributed by atoms with Gasteiger partial charge in [-0.05, 0) is 41.7 Å². The molecule has 2 nitrogen and oxygen atoms in total. The van der Waals surface area contributed by atoms with Crippen molar-refractivity contribution >= 4 is 19.7 Å². The predicted octanol–water partition coefficient (Wildman–Crippen LogP) is 2.82. The standard InChI is InChI=1S/C12H12ClFO2S/c13-17(15,16)8-11-5-12(6-11,7-11)9-3-1-2-4-10(9)14/h1-4H,5-8H2. The fourth-order valence-electron chi connectivity index (χ4n) is 3.69. The lowest BCUT2D eigenvalue weighted by Gasteiger charge is -2.70. The number of rotatable bonds is 3. The van der Waals surface area contributed by atoms with Gasteiger partial charge in [0.15, 0.2) is 0 Å². The maximum absolute atomic E-state index is 13.6. The molecule has 0 aliphatic heterocycles. The minimum atomic E-state index is -3.45. The van der Waals surface area contributed by atoms with E-state index in [1.54, 1.807) is 12.1 Å². The molecule has 0 aromatic heterocycles. The summed E-state index contributed by atoms with van der Waals surface area (Å²) < 4.78 is 35.8. The van der Waals surface area contributed by atoms with Crippen LogP contribution in [0.1, 0.15) is 24.8 Å². The van der Waals surface area contributed by atoms with Crippen LogP contribution in [0.15, 0.2) is 24.3 Å². The SMILES string of the molecule is O=S(=O)(Cl)CC12CC(c3ccccc3F)(C1)C2. The normalized spacial score (nSPS) is 34.9. The molecule has 0 spiro atoms. The van der Waals surface area contributed by atoms with Crippen LogP contribution in [0.4, 0.5) is 4.39 Å². The second kappa shape index (κ2) is 3.23. The van der Waals surface area contributed by atoms with Crippen LogP contribution >= 0.6 is 10.7 Å². The van der Waals surface area contributed by atoms with Gasteiger partial charge in [0.05, 0.1) is 5.75 Å². The number of hydrogen-bond acceptors (Lipinski definition) is 2. The van der Waals surface area contributed by atoms with Gasteiger partial charge in [-0.2, -0.15) is 0 Å². The van der Waals surface area contributed by atoms with Crippen LogP contribution in [0.25, 0.3) is 0 Å². The molecule has 4 rings (SSSR count). The second-order valence-electron chi connectivity index (χ2n) is 5.47. The van der Waals surface area contributed by atoms with Crippen molar-refractivity contribution in [3.05, 3.63) is 35.6 Å². The summed E-state index contributed by atoms with van der Waals surface area (Å²) in [5, 5.41) is 0. The lowest BCUT2D eigenvalue weighted by molar-refractivity contribution is -0.123. The van der Waals surface area contributed by atoms with E-state index in [0.29, 0.717) is 0 Å². The van der Waals surface area contributed by atoms with Crippen molar-refractivity contribution in [3.63, 3.8) is 0 Å². The Morgan fingerprint density at radius 1 is 1.24 bits per heavy atom. The monoisotopic (exact) mass is 274 g/mol. The highest BCUT2D eigenvalue weighted by atomic mass is 35.7. The fourth-order valence-corrected chi connectivity index (χ4v) is 5.43. The summed E-state index contributed by atoms with van der Waals surface area (Å²) in [4.78, 5) is 0. The van der Waals surface area contributed by atoms with Crippen molar-refractivity contribution in [2.24, 2.45) is 5.41 Å². The smallest absolute Gasteiger partial charge is 0.212 e. The summed E-state index contributed by atoms with van der Waals surface area (Å²) in [5.74, 6) is -0.160. The highest BCUT2D eigenvalue weighted by Gasteiger charge is 2.69. The zero-order valence-corrected chi connectivity index (χ0v) is 10.7. The topological polar surface area (TPSA) is 34.1 Å². The quantitative estimate of drug-likeness (QED) is 0.795. The van der Waals surface area contributed by atoms with Gasteiger partial charge in [-0.3, -0.25) is 0 Å². The third kappa shape index (κ3) is 1.69. The molecular weight excluding hydrogens is 263 g/mol. The Hall–Kier alpha value is -0.610. The van der Waals surface area contributed by atoms with Crippen molar-refractivity contribution in [1.82, 2.24) is 0 Å². The molecule has 3 aliphatic rings. The van der Waals surface area contributed by atoms with E-state index in [1.165, 1.54) is 6.07 Å². The van der Waals surface area contributed by atoms with Gasteiger partial charge in [-0.25, -0.2) is 12.8 Å². The Kier molecular flexibility index (Phi) is 2.18. The van der Waals surface area contributed by atoms with E-state index in [1.807, 2.05) is 6.07 Å². The fraction of sp³-hybridized carbons (Fsp3) is 0.500. The zero-order chi connectivity index (χ0) is 12.3. The van der Waals surface area contributed by atoms with E-state index in [0.717, 1.165) is 24.8 Å². The first kappa shape index (κ1) is 11.5. The third-order valence-electron chi connectivity index (χ3n) is 4.06. The number of halogens is 2. The molecule has 0 saturated heterocycles. The average Bonchev–Trinajstić information content (AvgIpc) is 2.09. The Balaban J connectivity index is 1.79. The summed E-state index contributed by atoms with van der Waals surface area (Å²) in [7, 11) is 1.83. The van der Waals surface area contributed by atoms with Crippen LogP contribution in [0.3, 0.4) is 0 Å². The molecule has 0 N–H and O–H groups in total. The van der Waals surface area contributed by atoms with E-state index < -0.39 is 9.05 Å². The molecule has 3 aliphatic carbocycles. The van der Waals surface area contributed by atoms with E-state index >= 15 is 0 Å². The van der Waals surface area contributed by atoms with Crippen molar-refractivity contribution in [2.45, 2.75) is 24.7 Å². The largest absolute Gasteiger partial charge is 0.233 e. The molecule has 0 atom stereocenters. The van der Waals surface area contributed by atoms with Crippen LogP contribution in [-0.2, 0) is 14.5 Å². The highest BCUT2D eigenvalue weighted by molar-refractivity contribution is 8.13. The summed E-state index contributed by atoms with van der Waals surface area (Å²) in [6.45, 7) is 0. The minimum absolute atomic E-state index is 0.0256. The van der Waals surface area contributed by atoms with Crippen LogP contribution in [0.5, 0.6) is 0 Å². The third-order valence-corrected chi connectivity index (χ3v) is 5.35. The maximum Gasteiger partial charge on any atom is 0.233 e. The second-order valence-corrected chi connectivity index (χ2v) is 8.25. The van der Waals surface area contributed by atoms with Crippen molar-refractivity contribution in [1.29, 1.82) is 0 Å². The maximum atomic E-state index is 13.6. The zero-order valence-electron chi connectivity index (χ0n) is 9.12. The van der Waals surface area contributed by atoms with Gasteiger partial charge in [0, 0.05) is 10.7 Å². The molecule has 0 amide bonds. The molecule has 0 radical (unpaired) electrons. The molecule has 92 valence electrons. The molecule has 1 aromatic rings. The van der Waals surface area contributed by atoms with Crippen molar-refractivity contribution < 1.29 is 12.8 Å². The molecule has 0 unspecified atom stereocenters. The summed E-state index contributed by atoms with van der Waals surface area (Å²) >= 11 is 0. The molecule has 2 bridgehead atoms. The van der Waals surface area contributed by atoms with E-state index in [-0.39, 0.29) is 22.4 Å². The van der Waals surface area contributed by atoms with E-state index in [2.05, 4.69) is 0 Å². The predicted molar refractivity (Wildman–Crippen MR) is 64.0 cm³/mol. The van der Waals surface area contributed by atoms with Gasteiger partial charge >= 0.3 is 0 Å². The molecule has 17 heavy (non-hydrogen) atoms. The number of hydrogen-bond donors (Lipinski definition) is 0. The first-order valence-corrected chi connectivity index (χ1v) is 8.00. The van der Waals surface area contributed by atoms with Gasteiger partial charge < -0.3 is 0 Å². The van der Waals surface area contributed by atoms with Crippen molar-refractivity contribution in [3.8, 4) is 0 Å². The lowest BCUT2D eigenvalue weighted by Crippen LogP contribution is -2.66. The molecule has 3 saturated carbocycles. The number of benzene rings is 1. The van der Waals surface area contributed by atoms with E-state index in [9.17, 15) is 12.8 Å². The highest BCUT2D eigenvalue weighted by Crippen LogP contribution is 2.74. The molecule has 3 fully saturated rings. The Morgan fingerprint density at radius 3 is 2.35 bits per heavy atom. The van der Waals surface area contributed by atoms with Crippen molar-refractivity contribution in [2.75, 3.05) is 5.75 Å². The average molecular weight is 275 g/mol. The molecular formula is C12H12ClFO2S. The van der Waals surface area contributed by atoms with Gasteiger partial charge in [0.2, 0.25) is 9.05 Å². The van der Waals surface area contributed by atoms with Crippen LogP contribution in [-0.4, -0.2) is 14.2 Å². The van der Waals surface area contributed by atoms with E-state index in [4.69, 9.17) is 10.7 Å². The first-order valence-electron chi connectivity index (χ1n) is 5.52. The van der Waals surface area contributed by atoms with Gasteiger partial charge in [0.1, 0.15) is 5.82 Å². The van der Waals surface area contributed by atoms with Crippen LogP contribution in [0, 0.1) is 11.2 Å².